The van der Waals surface area contributed by atoms with Crippen molar-refractivity contribution in [3.05, 3.63) is 104 Å². The fourth-order valence-electron chi connectivity index (χ4n) is 4.93. The van der Waals surface area contributed by atoms with Gasteiger partial charge in [0, 0.05) is 33.6 Å². The van der Waals surface area contributed by atoms with Crippen LogP contribution in [0.15, 0.2) is 104 Å². The van der Waals surface area contributed by atoms with Gasteiger partial charge in [-0.1, -0.05) is 79.4 Å². The topological polar surface area (TPSA) is 9.86 Å². The molecule has 0 unspecified atom stereocenters. The van der Waals surface area contributed by atoms with Crippen molar-refractivity contribution in [2.75, 3.05) is 0 Å². The van der Waals surface area contributed by atoms with Crippen LogP contribution in [0.4, 0.5) is 0 Å². The molecule has 0 atom stereocenters. The lowest BCUT2D eigenvalue weighted by Crippen LogP contribution is -1.92. The van der Waals surface area contributed by atoms with E-state index >= 15 is 0 Å². The molecular formula is C30H24N2S. The Hall–Kier alpha value is -3.82. The molecule has 0 radical (unpaired) electrons. The molecule has 33 heavy (non-hydrogen) atoms. The molecular weight excluding hydrogens is 420 g/mol. The Morgan fingerprint density at radius 2 is 1.67 bits per heavy atom. The van der Waals surface area contributed by atoms with Crippen molar-refractivity contribution in [1.82, 2.24) is 9.13 Å². The van der Waals surface area contributed by atoms with Gasteiger partial charge >= 0.3 is 0 Å². The molecule has 6 rings (SSSR count). The average Bonchev–Trinajstić information content (AvgIpc) is 3.47. The summed E-state index contributed by atoms with van der Waals surface area (Å²) in [5.41, 5.74) is 7.31. The first-order chi connectivity index (χ1) is 16.2. The second kappa shape index (κ2) is 7.65. The molecule has 6 aromatic rings. The number of hydrogen-bond acceptors (Lipinski definition) is 1. The third-order valence-corrected chi connectivity index (χ3v) is 7.60. The van der Waals surface area contributed by atoms with E-state index in [1.54, 1.807) is 0 Å². The summed E-state index contributed by atoms with van der Waals surface area (Å²) in [6.45, 7) is 6.20. The number of rotatable bonds is 4. The SMILES string of the molecule is C=C/C(=C\C=C/C)n1c2sc3ccccc3c2c2c1c1ccc(-c3ccccc3)cc1n2C. The Bertz CT molecular complexity index is 1740. The summed E-state index contributed by atoms with van der Waals surface area (Å²) in [5, 5.41) is 3.89. The van der Waals surface area contributed by atoms with E-state index in [4.69, 9.17) is 0 Å². The van der Waals surface area contributed by atoms with Crippen LogP contribution in [-0.2, 0) is 7.05 Å². The highest BCUT2D eigenvalue weighted by atomic mass is 32.1. The monoisotopic (exact) mass is 444 g/mol. The molecule has 0 bridgehead atoms. The van der Waals surface area contributed by atoms with Crippen molar-refractivity contribution in [2.24, 2.45) is 7.05 Å². The van der Waals surface area contributed by atoms with E-state index in [-0.39, 0.29) is 0 Å². The van der Waals surface area contributed by atoms with Gasteiger partial charge in [-0.3, -0.25) is 4.57 Å². The maximum Gasteiger partial charge on any atom is 0.111 e. The number of thiophene rings is 1. The summed E-state index contributed by atoms with van der Waals surface area (Å²) in [6, 6.07) is 26.2. The Balaban J connectivity index is 1.80. The van der Waals surface area contributed by atoms with Gasteiger partial charge in [0.15, 0.2) is 0 Å². The molecule has 3 heterocycles. The number of nitrogens with zero attached hydrogens (tertiary/aromatic N) is 2. The number of hydrogen-bond donors (Lipinski definition) is 0. The van der Waals surface area contributed by atoms with Crippen LogP contribution in [0, 0.1) is 0 Å². The minimum atomic E-state index is 1.08. The quantitative estimate of drug-likeness (QED) is 0.240. The van der Waals surface area contributed by atoms with Crippen molar-refractivity contribution in [1.29, 1.82) is 0 Å². The summed E-state index contributed by atoms with van der Waals surface area (Å²) in [5.74, 6) is 0. The Labute approximate surface area is 197 Å². The van der Waals surface area contributed by atoms with Crippen LogP contribution in [-0.4, -0.2) is 9.13 Å². The predicted octanol–water partition coefficient (Wildman–Crippen LogP) is 8.77. The van der Waals surface area contributed by atoms with E-state index in [1.165, 1.54) is 53.4 Å². The zero-order chi connectivity index (χ0) is 22.5. The van der Waals surface area contributed by atoms with E-state index < -0.39 is 0 Å². The van der Waals surface area contributed by atoms with Crippen molar-refractivity contribution in [3.63, 3.8) is 0 Å². The molecule has 160 valence electrons. The fourth-order valence-corrected chi connectivity index (χ4v) is 6.17. The van der Waals surface area contributed by atoms with Gasteiger partial charge in [-0.25, -0.2) is 0 Å². The van der Waals surface area contributed by atoms with Crippen LogP contribution in [0.3, 0.4) is 0 Å². The van der Waals surface area contributed by atoms with Gasteiger partial charge in [0.25, 0.3) is 0 Å². The molecule has 3 heteroatoms. The number of fused-ring (bicyclic) bond motifs is 7. The predicted molar refractivity (Wildman–Crippen MR) is 146 cm³/mol. The van der Waals surface area contributed by atoms with Crippen LogP contribution >= 0.6 is 11.3 Å². The first-order valence-electron chi connectivity index (χ1n) is 11.2. The lowest BCUT2D eigenvalue weighted by atomic mass is 10.0. The molecule has 2 nitrogen and oxygen atoms in total. The minimum absolute atomic E-state index is 1.08. The Kier molecular flexibility index (Phi) is 4.60. The van der Waals surface area contributed by atoms with E-state index in [0.29, 0.717) is 0 Å². The fraction of sp³-hybridized carbons (Fsp3) is 0.0667. The lowest BCUT2D eigenvalue weighted by Gasteiger charge is -2.07. The van der Waals surface area contributed by atoms with Gasteiger partial charge in [-0.15, -0.1) is 11.3 Å². The highest BCUT2D eigenvalue weighted by Crippen LogP contribution is 2.45. The molecule has 0 aliphatic carbocycles. The molecule has 0 aliphatic heterocycles. The summed E-state index contributed by atoms with van der Waals surface area (Å²) in [6.07, 6.45) is 8.25. The van der Waals surface area contributed by atoms with Crippen molar-refractivity contribution < 1.29 is 0 Å². The van der Waals surface area contributed by atoms with E-state index in [0.717, 1.165) is 5.70 Å². The zero-order valence-corrected chi connectivity index (χ0v) is 19.6. The van der Waals surface area contributed by atoms with E-state index in [2.05, 4.69) is 114 Å². The maximum atomic E-state index is 4.15. The molecule has 0 fully saturated rings. The molecule has 3 aromatic heterocycles. The Morgan fingerprint density at radius 3 is 2.45 bits per heavy atom. The number of allylic oxidation sites excluding steroid dienone is 5. The first kappa shape index (κ1) is 19.8. The normalized spacial score (nSPS) is 12.7. The standard InChI is InChI=1S/C30H24N2S/c1-4-6-14-22(5-2)32-28-23-18-17-21(20-12-8-7-9-13-20)19-25(23)31(3)29(28)27-24-15-10-11-16-26(24)33-30(27)32/h4-19H,2H2,1,3H3/b6-4-,22-14+. The molecule has 0 saturated heterocycles. The molecule has 0 aliphatic rings. The average molecular weight is 445 g/mol. The number of aryl methyl sites for hydroxylation is 1. The van der Waals surface area contributed by atoms with E-state index in [9.17, 15) is 0 Å². The summed E-state index contributed by atoms with van der Waals surface area (Å²) in [7, 11) is 2.19. The van der Waals surface area contributed by atoms with Gasteiger partial charge in [-0.05, 0) is 42.3 Å². The van der Waals surface area contributed by atoms with Gasteiger partial charge < -0.3 is 4.57 Å². The van der Waals surface area contributed by atoms with Gasteiger partial charge in [0.05, 0.1) is 16.6 Å². The summed E-state index contributed by atoms with van der Waals surface area (Å²) in [4.78, 5) is 1.27. The number of benzene rings is 3. The van der Waals surface area contributed by atoms with Gasteiger partial charge in [0.2, 0.25) is 0 Å². The van der Waals surface area contributed by atoms with Crippen LogP contribution in [0.5, 0.6) is 0 Å². The largest absolute Gasteiger partial charge is 0.342 e. The molecule has 0 saturated carbocycles. The third-order valence-electron chi connectivity index (χ3n) is 6.45. The summed E-state index contributed by atoms with van der Waals surface area (Å²) >= 11 is 1.85. The summed E-state index contributed by atoms with van der Waals surface area (Å²) < 4.78 is 6.07. The van der Waals surface area contributed by atoms with Crippen molar-refractivity contribution in [2.45, 2.75) is 6.92 Å². The zero-order valence-electron chi connectivity index (χ0n) is 18.7. The number of aromatic nitrogens is 2. The van der Waals surface area contributed by atoms with Crippen molar-refractivity contribution >= 4 is 59.3 Å². The van der Waals surface area contributed by atoms with Crippen molar-refractivity contribution in [3.8, 4) is 11.1 Å². The lowest BCUT2D eigenvalue weighted by molar-refractivity contribution is 1.02. The smallest absolute Gasteiger partial charge is 0.111 e. The second-order valence-electron chi connectivity index (χ2n) is 8.29. The highest BCUT2D eigenvalue weighted by Gasteiger charge is 2.23. The highest BCUT2D eigenvalue weighted by molar-refractivity contribution is 7.25. The molecule has 0 spiro atoms. The first-order valence-corrected chi connectivity index (χ1v) is 12.0. The van der Waals surface area contributed by atoms with Gasteiger partial charge in [0.1, 0.15) is 4.83 Å². The minimum Gasteiger partial charge on any atom is -0.342 e. The van der Waals surface area contributed by atoms with Gasteiger partial charge in [-0.2, -0.15) is 0 Å². The van der Waals surface area contributed by atoms with Crippen LogP contribution < -0.4 is 0 Å². The molecule has 0 amide bonds. The maximum absolute atomic E-state index is 4.15. The molecule has 3 aromatic carbocycles. The van der Waals surface area contributed by atoms with Crippen LogP contribution in [0.1, 0.15) is 6.92 Å². The Morgan fingerprint density at radius 1 is 0.879 bits per heavy atom. The van der Waals surface area contributed by atoms with E-state index in [1.807, 2.05) is 24.3 Å². The van der Waals surface area contributed by atoms with Crippen LogP contribution in [0.2, 0.25) is 0 Å². The second-order valence-corrected chi connectivity index (χ2v) is 9.32. The third kappa shape index (κ3) is 2.86. The van der Waals surface area contributed by atoms with Crippen LogP contribution in [0.25, 0.3) is 59.1 Å². The molecule has 0 N–H and O–H groups in total.